The average Bonchev–Trinajstić information content (AvgIpc) is 3.09. The molecule has 0 bridgehead atoms. The molecule has 0 spiro atoms. The maximum Gasteiger partial charge on any atom is 0.289 e. The van der Waals surface area contributed by atoms with E-state index in [4.69, 9.17) is 0 Å². The minimum absolute atomic E-state index is 0.0849. The maximum atomic E-state index is 12.5. The van der Waals surface area contributed by atoms with E-state index in [2.05, 4.69) is 42.7 Å². The molecule has 0 saturated carbocycles. The summed E-state index contributed by atoms with van der Waals surface area (Å²) in [5.74, 6) is -0.273. The first-order chi connectivity index (χ1) is 12.6. The number of phenols is 1. The quantitative estimate of drug-likeness (QED) is 0.456. The van der Waals surface area contributed by atoms with Gasteiger partial charge in [-0.05, 0) is 36.6 Å². The number of phenolic OH excluding ortho intramolecular Hbond substituents is 1. The number of amides is 1. The van der Waals surface area contributed by atoms with Crippen molar-refractivity contribution < 1.29 is 9.90 Å². The number of hydrazone groups is 1. The second kappa shape index (κ2) is 6.76. The van der Waals surface area contributed by atoms with Crippen molar-refractivity contribution in [3.63, 3.8) is 0 Å². The maximum absolute atomic E-state index is 12.5. The Morgan fingerprint density at radius 2 is 2.12 bits per heavy atom. The van der Waals surface area contributed by atoms with Gasteiger partial charge in [0, 0.05) is 21.2 Å². The molecule has 26 heavy (non-hydrogen) atoms. The number of aromatic nitrogens is 2. The lowest BCUT2D eigenvalue weighted by atomic mass is 9.89. The second-order valence-corrected chi connectivity index (χ2v) is 6.90. The largest absolute Gasteiger partial charge is 0.507 e. The molecule has 3 N–H and O–H groups in total. The first-order valence-corrected chi connectivity index (χ1v) is 8.90. The average molecular weight is 411 g/mol. The number of carbonyl (C=O) groups excluding carboxylic acids is 1. The summed E-state index contributed by atoms with van der Waals surface area (Å²) in [7, 11) is 0. The molecule has 1 amide bonds. The number of fused-ring (bicyclic) bond motifs is 3. The number of halogens is 1. The normalized spacial score (nSPS) is 12.7. The first kappa shape index (κ1) is 16.5. The van der Waals surface area contributed by atoms with Gasteiger partial charge in [0.15, 0.2) is 0 Å². The van der Waals surface area contributed by atoms with Crippen LogP contribution in [0.2, 0.25) is 0 Å². The first-order valence-electron chi connectivity index (χ1n) is 8.11. The number of nitrogens with zero attached hydrogens (tertiary/aromatic N) is 2. The van der Waals surface area contributed by atoms with E-state index in [1.807, 2.05) is 18.2 Å². The van der Waals surface area contributed by atoms with Gasteiger partial charge in [0.1, 0.15) is 11.4 Å². The lowest BCUT2D eigenvalue weighted by molar-refractivity contribution is 0.0949. The number of aromatic hydroxyl groups is 1. The number of hydrogen-bond donors (Lipinski definition) is 3. The van der Waals surface area contributed by atoms with Gasteiger partial charge in [0.2, 0.25) is 0 Å². The number of H-pyrrole nitrogens is 1. The summed E-state index contributed by atoms with van der Waals surface area (Å²) in [4.78, 5) is 12.5. The Labute approximate surface area is 158 Å². The van der Waals surface area contributed by atoms with Gasteiger partial charge in [-0.2, -0.15) is 10.2 Å². The van der Waals surface area contributed by atoms with Crippen LogP contribution in [0.15, 0.2) is 52.0 Å². The monoisotopic (exact) mass is 410 g/mol. The molecule has 130 valence electrons. The van der Waals surface area contributed by atoms with Crippen molar-refractivity contribution in [2.24, 2.45) is 5.10 Å². The molecular formula is C19H15BrN4O2. The molecule has 6 nitrogen and oxygen atoms in total. The van der Waals surface area contributed by atoms with Crippen molar-refractivity contribution in [3.05, 3.63) is 69.3 Å². The van der Waals surface area contributed by atoms with Crippen LogP contribution in [-0.2, 0) is 12.8 Å². The molecule has 0 fully saturated rings. The van der Waals surface area contributed by atoms with E-state index in [0.717, 1.165) is 34.1 Å². The van der Waals surface area contributed by atoms with E-state index in [1.54, 1.807) is 18.2 Å². The zero-order valence-electron chi connectivity index (χ0n) is 13.7. The summed E-state index contributed by atoms with van der Waals surface area (Å²) < 4.78 is 0.810. The molecule has 1 heterocycles. The van der Waals surface area contributed by atoms with Crippen molar-refractivity contribution in [3.8, 4) is 17.0 Å². The van der Waals surface area contributed by atoms with Crippen molar-refractivity contribution in [2.75, 3.05) is 0 Å². The van der Waals surface area contributed by atoms with E-state index in [-0.39, 0.29) is 11.7 Å². The van der Waals surface area contributed by atoms with Crippen LogP contribution in [0.5, 0.6) is 5.75 Å². The van der Waals surface area contributed by atoms with Crippen molar-refractivity contribution in [2.45, 2.75) is 12.8 Å². The number of aryl methyl sites for hydroxylation is 1. The van der Waals surface area contributed by atoms with Gasteiger partial charge in [-0.1, -0.05) is 40.2 Å². The molecule has 1 aromatic heterocycles. The van der Waals surface area contributed by atoms with Gasteiger partial charge in [-0.15, -0.1) is 0 Å². The van der Waals surface area contributed by atoms with Gasteiger partial charge < -0.3 is 5.11 Å². The summed E-state index contributed by atoms with van der Waals surface area (Å²) >= 11 is 3.33. The Morgan fingerprint density at radius 1 is 1.27 bits per heavy atom. The molecule has 3 aromatic rings. The van der Waals surface area contributed by atoms with Crippen LogP contribution < -0.4 is 5.43 Å². The fourth-order valence-electron chi connectivity index (χ4n) is 3.09. The Morgan fingerprint density at radius 3 is 3.00 bits per heavy atom. The van der Waals surface area contributed by atoms with Crippen LogP contribution in [0.4, 0.5) is 0 Å². The van der Waals surface area contributed by atoms with Crippen LogP contribution in [0.1, 0.15) is 27.2 Å². The van der Waals surface area contributed by atoms with Crippen LogP contribution in [0, 0.1) is 0 Å². The molecule has 2 aromatic carbocycles. The van der Waals surface area contributed by atoms with Gasteiger partial charge in [-0.25, -0.2) is 5.43 Å². The van der Waals surface area contributed by atoms with Crippen LogP contribution >= 0.6 is 15.9 Å². The zero-order chi connectivity index (χ0) is 18.1. The highest BCUT2D eigenvalue weighted by atomic mass is 79.9. The third kappa shape index (κ3) is 3.01. The van der Waals surface area contributed by atoms with Crippen LogP contribution in [-0.4, -0.2) is 27.4 Å². The standard InChI is InChI=1S/C19H15BrN4O2/c20-13-6-8-16(25)12(9-13)10-21-24-19(26)18-15-7-5-11-3-1-2-4-14(11)17(15)22-23-18/h1-4,6,8-10,25H,5,7H2,(H,22,23)(H,24,26)/b21-10+. The highest BCUT2D eigenvalue weighted by molar-refractivity contribution is 9.10. The molecule has 0 aliphatic heterocycles. The van der Waals surface area contributed by atoms with E-state index in [0.29, 0.717) is 11.3 Å². The predicted octanol–water partition coefficient (Wildman–Crippen LogP) is 3.41. The molecule has 1 aliphatic carbocycles. The smallest absolute Gasteiger partial charge is 0.289 e. The Balaban J connectivity index is 1.55. The summed E-state index contributed by atoms with van der Waals surface area (Å²) in [5.41, 5.74) is 7.44. The summed E-state index contributed by atoms with van der Waals surface area (Å²) in [6.45, 7) is 0. The Bertz CT molecular complexity index is 1030. The number of nitrogens with one attached hydrogen (secondary N) is 2. The molecule has 7 heteroatoms. The molecule has 1 aliphatic rings. The fourth-order valence-corrected chi connectivity index (χ4v) is 3.47. The minimum Gasteiger partial charge on any atom is -0.507 e. The van der Waals surface area contributed by atoms with Gasteiger partial charge in [0.05, 0.1) is 11.9 Å². The number of carbonyl (C=O) groups is 1. The Kier molecular flexibility index (Phi) is 4.30. The molecule has 0 saturated heterocycles. The third-order valence-electron chi connectivity index (χ3n) is 4.37. The third-order valence-corrected chi connectivity index (χ3v) is 4.86. The van der Waals surface area contributed by atoms with E-state index < -0.39 is 0 Å². The van der Waals surface area contributed by atoms with E-state index in [1.165, 1.54) is 11.8 Å². The highest BCUT2D eigenvalue weighted by Crippen LogP contribution is 2.33. The molecule has 0 atom stereocenters. The van der Waals surface area contributed by atoms with Crippen molar-refractivity contribution >= 4 is 28.1 Å². The van der Waals surface area contributed by atoms with Gasteiger partial charge in [-0.3, -0.25) is 9.89 Å². The summed E-state index contributed by atoms with van der Waals surface area (Å²) in [6.07, 6.45) is 3.02. The molecular weight excluding hydrogens is 396 g/mol. The number of hydrogen-bond acceptors (Lipinski definition) is 4. The topological polar surface area (TPSA) is 90.4 Å². The molecule has 0 radical (unpaired) electrons. The summed E-state index contributed by atoms with van der Waals surface area (Å²) in [5, 5.41) is 20.9. The highest BCUT2D eigenvalue weighted by Gasteiger charge is 2.24. The lowest BCUT2D eigenvalue weighted by Crippen LogP contribution is -2.20. The second-order valence-electron chi connectivity index (χ2n) is 5.99. The lowest BCUT2D eigenvalue weighted by Gasteiger charge is -2.15. The van der Waals surface area contributed by atoms with Crippen LogP contribution in [0.3, 0.4) is 0 Å². The number of benzene rings is 2. The molecule has 4 rings (SSSR count). The van der Waals surface area contributed by atoms with Gasteiger partial charge >= 0.3 is 0 Å². The number of aromatic amines is 1. The number of rotatable bonds is 3. The minimum atomic E-state index is -0.358. The predicted molar refractivity (Wildman–Crippen MR) is 102 cm³/mol. The zero-order valence-corrected chi connectivity index (χ0v) is 15.2. The Hall–Kier alpha value is -2.93. The SMILES string of the molecule is O=C(N/N=C/c1cc(Br)ccc1O)c1[nH]nc2c1CCc1ccccc1-2. The van der Waals surface area contributed by atoms with Crippen molar-refractivity contribution in [1.29, 1.82) is 0 Å². The van der Waals surface area contributed by atoms with Gasteiger partial charge in [0.25, 0.3) is 5.91 Å². The van der Waals surface area contributed by atoms with E-state index in [9.17, 15) is 9.90 Å². The molecule has 0 unspecified atom stereocenters. The van der Waals surface area contributed by atoms with E-state index >= 15 is 0 Å². The van der Waals surface area contributed by atoms with Crippen LogP contribution in [0.25, 0.3) is 11.3 Å². The summed E-state index contributed by atoms with van der Waals surface area (Å²) in [6, 6.07) is 13.1. The fraction of sp³-hybridized carbons (Fsp3) is 0.105. The van der Waals surface area contributed by atoms with Crippen molar-refractivity contribution in [1.82, 2.24) is 15.6 Å².